The number of sulfonamides is 1. The van der Waals surface area contributed by atoms with E-state index in [9.17, 15) is 18.0 Å². The maximum Gasteiger partial charge on any atom is 0.339 e. The van der Waals surface area contributed by atoms with E-state index in [1.165, 1.54) is 43.6 Å². The molecule has 0 aliphatic carbocycles. The summed E-state index contributed by atoms with van der Waals surface area (Å²) in [6.07, 6.45) is 1.22. The number of anilines is 1. The number of aromatic nitrogens is 1. The van der Waals surface area contributed by atoms with Gasteiger partial charge >= 0.3 is 11.9 Å². The zero-order chi connectivity index (χ0) is 19.5. The van der Waals surface area contributed by atoms with Crippen LogP contribution in [-0.4, -0.2) is 43.6 Å². The highest BCUT2D eigenvalue weighted by molar-refractivity contribution is 7.92. The van der Waals surface area contributed by atoms with Gasteiger partial charge in [-0.2, -0.15) is 0 Å². The summed E-state index contributed by atoms with van der Waals surface area (Å²) >= 11 is 0. The van der Waals surface area contributed by atoms with E-state index in [1.54, 1.807) is 13.8 Å². The van der Waals surface area contributed by atoms with E-state index in [-0.39, 0.29) is 21.8 Å². The Morgan fingerprint density at radius 1 is 1.15 bits per heavy atom. The molecule has 0 bridgehead atoms. The van der Waals surface area contributed by atoms with Gasteiger partial charge in [0, 0.05) is 12.2 Å². The first kappa shape index (κ1) is 19.4. The smallest absolute Gasteiger partial charge is 0.339 e. The predicted octanol–water partition coefficient (Wildman–Crippen LogP) is 2.17. The molecule has 0 amide bonds. The molecule has 0 fully saturated rings. The number of nitrogens with zero attached hydrogens (tertiary/aromatic N) is 2. The van der Waals surface area contributed by atoms with Crippen LogP contribution in [-0.2, 0) is 14.8 Å². The van der Waals surface area contributed by atoms with E-state index < -0.39 is 28.0 Å². The number of carboxylic acid groups (broad SMARTS) is 1. The molecule has 138 valence electrons. The molecule has 1 aromatic carbocycles. The van der Waals surface area contributed by atoms with Crippen molar-refractivity contribution in [1.29, 1.82) is 0 Å². The van der Waals surface area contributed by atoms with Gasteiger partial charge in [0.2, 0.25) is 0 Å². The number of ether oxygens (including phenoxy) is 1. The molecule has 0 aliphatic rings. The van der Waals surface area contributed by atoms with Gasteiger partial charge in [-0.15, -0.1) is 0 Å². The third kappa shape index (κ3) is 3.83. The first-order valence-corrected chi connectivity index (χ1v) is 9.04. The molecular weight excluding hydrogens is 360 g/mol. The third-order valence-corrected chi connectivity index (χ3v) is 5.48. The molecule has 0 saturated carbocycles. The van der Waals surface area contributed by atoms with Gasteiger partial charge in [0.1, 0.15) is 5.82 Å². The van der Waals surface area contributed by atoms with Crippen molar-refractivity contribution in [2.45, 2.75) is 24.8 Å². The van der Waals surface area contributed by atoms with Crippen molar-refractivity contribution in [3.8, 4) is 0 Å². The van der Waals surface area contributed by atoms with E-state index in [0.29, 0.717) is 0 Å². The molecule has 2 aromatic rings. The van der Waals surface area contributed by atoms with Gasteiger partial charge in [0.05, 0.1) is 23.1 Å². The second kappa shape index (κ2) is 7.52. The Kier molecular flexibility index (Phi) is 5.61. The zero-order valence-corrected chi connectivity index (χ0v) is 15.2. The van der Waals surface area contributed by atoms with Crippen LogP contribution in [0.25, 0.3) is 0 Å². The zero-order valence-electron chi connectivity index (χ0n) is 14.4. The lowest BCUT2D eigenvalue weighted by Gasteiger charge is -2.27. The summed E-state index contributed by atoms with van der Waals surface area (Å²) in [7, 11) is -2.82. The molecule has 26 heavy (non-hydrogen) atoms. The van der Waals surface area contributed by atoms with Crippen LogP contribution in [0.2, 0.25) is 0 Å². The lowest BCUT2D eigenvalue weighted by molar-refractivity contribution is 0.0599. The topological polar surface area (TPSA) is 114 Å². The van der Waals surface area contributed by atoms with E-state index >= 15 is 0 Å². The number of carboxylic acids is 1. The summed E-state index contributed by atoms with van der Waals surface area (Å²) in [5.74, 6) is -1.70. The summed E-state index contributed by atoms with van der Waals surface area (Å²) in [5, 5.41) is 9.08. The number of aromatic carboxylic acids is 1. The Labute approximate surface area is 151 Å². The molecule has 0 aliphatic heterocycles. The van der Waals surface area contributed by atoms with Crippen LogP contribution in [0.3, 0.4) is 0 Å². The van der Waals surface area contributed by atoms with Crippen molar-refractivity contribution in [3.63, 3.8) is 0 Å². The number of hydrogen-bond donors (Lipinski definition) is 1. The molecule has 8 nitrogen and oxygen atoms in total. The lowest BCUT2D eigenvalue weighted by atomic mass is 10.2. The first-order chi connectivity index (χ1) is 12.2. The van der Waals surface area contributed by atoms with Gasteiger partial charge in [0.15, 0.2) is 0 Å². The Balaban J connectivity index is 2.50. The van der Waals surface area contributed by atoms with Crippen LogP contribution >= 0.6 is 0 Å². The third-order valence-electron chi connectivity index (χ3n) is 3.50. The average molecular weight is 378 g/mol. The van der Waals surface area contributed by atoms with Gasteiger partial charge in [-0.1, -0.05) is 6.07 Å². The van der Waals surface area contributed by atoms with Crippen LogP contribution in [0, 0.1) is 0 Å². The molecule has 0 spiro atoms. The summed E-state index contributed by atoms with van der Waals surface area (Å²) in [6.45, 7) is 3.32. The normalized spacial score (nSPS) is 11.2. The Bertz CT molecular complexity index is 923. The molecule has 9 heteroatoms. The molecule has 1 aromatic heterocycles. The standard InChI is InChI=1S/C17H18N2O6S/c1-11(2)19(15-8-7-13(10-18-15)17(22)25-3)26(23,24)14-6-4-5-12(9-14)16(20)21/h4-11H,1-3H3,(H,20,21). The molecule has 1 heterocycles. The summed E-state index contributed by atoms with van der Waals surface area (Å²) < 4.78 is 31.7. The number of rotatable bonds is 6. The van der Waals surface area contributed by atoms with Crippen molar-refractivity contribution in [2.24, 2.45) is 0 Å². The molecule has 0 radical (unpaired) electrons. The van der Waals surface area contributed by atoms with Crippen LogP contribution < -0.4 is 4.31 Å². The fourth-order valence-electron chi connectivity index (χ4n) is 2.32. The van der Waals surface area contributed by atoms with E-state index in [1.807, 2.05) is 0 Å². The maximum absolute atomic E-state index is 13.0. The van der Waals surface area contributed by atoms with Gasteiger partial charge in [-0.3, -0.25) is 0 Å². The second-order valence-electron chi connectivity index (χ2n) is 5.62. The summed E-state index contributed by atoms with van der Waals surface area (Å²) in [4.78, 5) is 26.5. The molecule has 0 atom stereocenters. The van der Waals surface area contributed by atoms with Gasteiger partial charge in [-0.25, -0.2) is 27.3 Å². The largest absolute Gasteiger partial charge is 0.478 e. The fourth-order valence-corrected chi connectivity index (χ4v) is 3.99. The van der Waals surface area contributed by atoms with Gasteiger partial charge in [0.25, 0.3) is 10.0 Å². The number of benzene rings is 1. The summed E-state index contributed by atoms with van der Waals surface area (Å²) in [5.41, 5.74) is 0.0500. The van der Waals surface area contributed by atoms with E-state index in [4.69, 9.17) is 5.11 Å². The van der Waals surface area contributed by atoms with Crippen molar-refractivity contribution in [3.05, 3.63) is 53.7 Å². The first-order valence-electron chi connectivity index (χ1n) is 7.60. The number of carbonyl (C=O) groups excluding carboxylic acids is 1. The van der Waals surface area contributed by atoms with E-state index in [2.05, 4.69) is 9.72 Å². The monoisotopic (exact) mass is 378 g/mol. The highest BCUT2D eigenvalue weighted by Gasteiger charge is 2.29. The Morgan fingerprint density at radius 2 is 1.85 bits per heavy atom. The number of carbonyl (C=O) groups is 2. The van der Waals surface area contributed by atoms with E-state index in [0.717, 1.165) is 10.4 Å². The maximum atomic E-state index is 13.0. The van der Waals surface area contributed by atoms with Gasteiger partial charge < -0.3 is 9.84 Å². The van der Waals surface area contributed by atoms with Crippen LogP contribution in [0.5, 0.6) is 0 Å². The minimum atomic E-state index is -4.06. The van der Waals surface area contributed by atoms with Crippen molar-refractivity contribution in [1.82, 2.24) is 4.98 Å². The molecule has 0 saturated heterocycles. The summed E-state index contributed by atoms with van der Waals surface area (Å²) in [6, 6.07) is 7.39. The van der Waals surface area contributed by atoms with Crippen molar-refractivity contribution in [2.75, 3.05) is 11.4 Å². The van der Waals surface area contributed by atoms with Crippen molar-refractivity contribution < 1.29 is 27.9 Å². The minimum absolute atomic E-state index is 0.105. The molecular formula is C17H18N2O6S. The highest BCUT2D eigenvalue weighted by atomic mass is 32.2. The second-order valence-corrected chi connectivity index (χ2v) is 7.44. The van der Waals surface area contributed by atoms with Crippen LogP contribution in [0.4, 0.5) is 5.82 Å². The molecule has 0 unspecified atom stereocenters. The van der Waals surface area contributed by atoms with Crippen LogP contribution in [0.1, 0.15) is 34.6 Å². The van der Waals surface area contributed by atoms with Crippen molar-refractivity contribution >= 4 is 27.8 Å². The quantitative estimate of drug-likeness (QED) is 0.766. The number of methoxy groups -OCH3 is 1. The van der Waals surface area contributed by atoms with Crippen LogP contribution in [0.15, 0.2) is 47.5 Å². The molecule has 1 N–H and O–H groups in total. The predicted molar refractivity (Wildman–Crippen MR) is 93.8 cm³/mol. The molecule has 2 rings (SSSR count). The average Bonchev–Trinajstić information content (AvgIpc) is 2.61. The van der Waals surface area contributed by atoms with Gasteiger partial charge in [-0.05, 0) is 44.2 Å². The number of pyridine rings is 1. The Morgan fingerprint density at radius 3 is 2.35 bits per heavy atom. The fraction of sp³-hybridized carbons (Fsp3) is 0.235. The lowest BCUT2D eigenvalue weighted by Crippen LogP contribution is -2.37. The SMILES string of the molecule is COC(=O)c1ccc(N(C(C)C)S(=O)(=O)c2cccc(C(=O)O)c2)nc1. The number of hydrogen-bond acceptors (Lipinski definition) is 6. The highest BCUT2D eigenvalue weighted by Crippen LogP contribution is 2.25. The Hall–Kier alpha value is -2.94. The number of esters is 1. The minimum Gasteiger partial charge on any atom is -0.478 e.